The normalized spacial score (nSPS) is 9.90. The molecular formula is C13H22N2O6. The number of nitrogens with one attached hydrogen (secondary N) is 2. The number of hydrogen-bond donors (Lipinski definition) is 2. The molecule has 8 nitrogen and oxygen atoms in total. The van der Waals surface area contributed by atoms with Crippen LogP contribution >= 0.6 is 0 Å². The molecule has 8 heteroatoms. The molecule has 120 valence electrons. The van der Waals surface area contributed by atoms with Gasteiger partial charge < -0.3 is 29.7 Å². The summed E-state index contributed by atoms with van der Waals surface area (Å²) >= 11 is 0. The first kappa shape index (κ1) is 19.2. The van der Waals surface area contributed by atoms with Crippen LogP contribution in [0.15, 0.2) is 0 Å². The number of hydrogen-bond acceptors (Lipinski definition) is 6. The molecule has 0 aliphatic rings. The van der Waals surface area contributed by atoms with Gasteiger partial charge in [-0.05, 0) is 19.3 Å². The third-order valence-electron chi connectivity index (χ3n) is 2.31. The Hall–Kier alpha value is -1.80. The van der Waals surface area contributed by atoms with Crippen LogP contribution in [0.25, 0.3) is 0 Å². The summed E-state index contributed by atoms with van der Waals surface area (Å²) < 4.78 is 10.2. The predicted octanol–water partition coefficient (Wildman–Crippen LogP) is -1.18. The third kappa shape index (κ3) is 14.4. The average Bonchev–Trinajstić information content (AvgIpc) is 2.49. The van der Waals surface area contributed by atoms with Gasteiger partial charge >= 0.3 is 0 Å². The maximum Gasteiger partial charge on any atom is 0.246 e. The minimum absolute atomic E-state index is 0.0000423. The zero-order valence-corrected chi connectivity index (χ0v) is 12.0. The first-order chi connectivity index (χ1) is 10.2. The number of rotatable bonds is 14. The van der Waals surface area contributed by atoms with Crippen molar-refractivity contribution in [2.75, 3.05) is 39.5 Å². The van der Waals surface area contributed by atoms with Crippen molar-refractivity contribution in [3.8, 4) is 0 Å². The number of carbonyl (C=O) groups is 4. The van der Waals surface area contributed by atoms with E-state index in [1.54, 1.807) is 0 Å². The van der Waals surface area contributed by atoms with E-state index in [1.165, 1.54) is 0 Å². The SMILES string of the molecule is O=CCNC(=O)COCCCCCOCC(=O)NCC=O. The summed E-state index contributed by atoms with van der Waals surface area (Å²) in [5.74, 6) is -0.626. The van der Waals surface area contributed by atoms with Gasteiger partial charge in [0.2, 0.25) is 11.8 Å². The predicted molar refractivity (Wildman–Crippen MR) is 73.6 cm³/mol. The smallest absolute Gasteiger partial charge is 0.246 e. The summed E-state index contributed by atoms with van der Waals surface area (Å²) in [5.41, 5.74) is 0. The summed E-state index contributed by atoms with van der Waals surface area (Å²) in [6.07, 6.45) is 3.63. The molecule has 21 heavy (non-hydrogen) atoms. The molecule has 2 N–H and O–H groups in total. The molecule has 0 aromatic carbocycles. The van der Waals surface area contributed by atoms with Crippen LogP contribution in [0.2, 0.25) is 0 Å². The molecule has 0 saturated carbocycles. The maximum atomic E-state index is 11.0. The lowest BCUT2D eigenvalue weighted by molar-refractivity contribution is -0.126. The van der Waals surface area contributed by atoms with Crippen molar-refractivity contribution in [3.63, 3.8) is 0 Å². The second kappa shape index (κ2) is 14.6. The van der Waals surface area contributed by atoms with Crippen LogP contribution in [0.4, 0.5) is 0 Å². The van der Waals surface area contributed by atoms with Crippen molar-refractivity contribution in [1.29, 1.82) is 0 Å². The molecule has 0 radical (unpaired) electrons. The first-order valence-electron chi connectivity index (χ1n) is 6.77. The highest BCUT2D eigenvalue weighted by Gasteiger charge is 2.01. The highest BCUT2D eigenvalue weighted by atomic mass is 16.5. The quantitative estimate of drug-likeness (QED) is 0.309. The minimum atomic E-state index is -0.313. The molecule has 0 spiro atoms. The van der Waals surface area contributed by atoms with Gasteiger partial charge in [0.25, 0.3) is 0 Å². The third-order valence-corrected chi connectivity index (χ3v) is 2.31. The van der Waals surface area contributed by atoms with Crippen molar-refractivity contribution in [2.24, 2.45) is 0 Å². The number of ether oxygens (including phenoxy) is 2. The maximum absolute atomic E-state index is 11.0. The van der Waals surface area contributed by atoms with Crippen molar-refractivity contribution in [2.45, 2.75) is 19.3 Å². The molecule has 0 atom stereocenters. The van der Waals surface area contributed by atoms with Gasteiger partial charge in [0, 0.05) is 13.2 Å². The van der Waals surface area contributed by atoms with Crippen LogP contribution in [-0.2, 0) is 28.7 Å². The van der Waals surface area contributed by atoms with Gasteiger partial charge in [-0.3, -0.25) is 9.59 Å². The van der Waals surface area contributed by atoms with E-state index in [-0.39, 0.29) is 38.1 Å². The number of aldehydes is 2. The Labute approximate surface area is 123 Å². The summed E-state index contributed by atoms with van der Waals surface area (Å²) in [6.45, 7) is 0.797. The Morgan fingerprint density at radius 1 is 0.762 bits per heavy atom. The van der Waals surface area contributed by atoms with E-state index in [4.69, 9.17) is 9.47 Å². The zero-order valence-electron chi connectivity index (χ0n) is 12.0. The minimum Gasteiger partial charge on any atom is -0.372 e. The molecule has 0 fully saturated rings. The first-order valence-corrected chi connectivity index (χ1v) is 6.77. The van der Waals surface area contributed by atoms with Crippen molar-refractivity contribution < 1.29 is 28.7 Å². The number of unbranched alkanes of at least 4 members (excludes halogenated alkanes) is 2. The van der Waals surface area contributed by atoms with E-state index in [1.807, 2.05) is 0 Å². The molecule has 0 aromatic rings. The van der Waals surface area contributed by atoms with Gasteiger partial charge in [0.1, 0.15) is 25.8 Å². The largest absolute Gasteiger partial charge is 0.372 e. The van der Waals surface area contributed by atoms with Crippen molar-refractivity contribution in [1.82, 2.24) is 10.6 Å². The lowest BCUT2D eigenvalue weighted by Gasteiger charge is -2.05. The Kier molecular flexibility index (Phi) is 13.4. The van der Waals surface area contributed by atoms with Crippen LogP contribution in [0.5, 0.6) is 0 Å². The van der Waals surface area contributed by atoms with Crippen LogP contribution in [0.1, 0.15) is 19.3 Å². The van der Waals surface area contributed by atoms with E-state index >= 15 is 0 Å². The molecule has 0 aromatic heterocycles. The fourth-order valence-electron chi connectivity index (χ4n) is 1.33. The Bertz CT molecular complexity index is 292. The molecule has 0 aliphatic heterocycles. The molecule has 0 bridgehead atoms. The van der Waals surface area contributed by atoms with Gasteiger partial charge in [0.15, 0.2) is 0 Å². The second-order valence-electron chi connectivity index (χ2n) is 4.11. The molecule has 2 amide bonds. The fraction of sp³-hybridized carbons (Fsp3) is 0.692. The Balaban J connectivity index is 3.22. The van der Waals surface area contributed by atoms with E-state index < -0.39 is 0 Å². The zero-order chi connectivity index (χ0) is 15.8. The van der Waals surface area contributed by atoms with Crippen LogP contribution in [0.3, 0.4) is 0 Å². The summed E-state index contributed by atoms with van der Waals surface area (Å²) in [6, 6.07) is 0. The molecule has 0 unspecified atom stereocenters. The standard InChI is InChI=1S/C13H22N2O6/c16-6-4-14-12(18)10-20-8-2-1-3-9-21-11-13(19)15-5-7-17/h6-7H,1-5,8-11H2,(H,14,18)(H,15,19). The fourth-order valence-corrected chi connectivity index (χ4v) is 1.33. The number of amides is 2. The van der Waals surface area contributed by atoms with E-state index in [2.05, 4.69) is 10.6 Å². The van der Waals surface area contributed by atoms with Crippen LogP contribution in [-0.4, -0.2) is 63.9 Å². The van der Waals surface area contributed by atoms with Gasteiger partial charge in [-0.1, -0.05) is 0 Å². The van der Waals surface area contributed by atoms with E-state index in [0.29, 0.717) is 25.8 Å². The number of carbonyl (C=O) groups excluding carboxylic acids is 4. The van der Waals surface area contributed by atoms with E-state index in [9.17, 15) is 19.2 Å². The lowest BCUT2D eigenvalue weighted by Crippen LogP contribution is -2.29. The van der Waals surface area contributed by atoms with E-state index in [0.717, 1.165) is 19.3 Å². The van der Waals surface area contributed by atoms with Gasteiger partial charge in [-0.2, -0.15) is 0 Å². The molecular weight excluding hydrogens is 280 g/mol. The second-order valence-corrected chi connectivity index (χ2v) is 4.11. The molecule has 0 rings (SSSR count). The highest BCUT2D eigenvalue weighted by Crippen LogP contribution is 1.96. The van der Waals surface area contributed by atoms with Crippen LogP contribution < -0.4 is 10.6 Å². The lowest BCUT2D eigenvalue weighted by atomic mass is 10.2. The molecule has 0 aliphatic carbocycles. The summed E-state index contributed by atoms with van der Waals surface area (Å²) in [5, 5.41) is 4.73. The van der Waals surface area contributed by atoms with Crippen molar-refractivity contribution >= 4 is 24.4 Å². The average molecular weight is 302 g/mol. The molecule has 0 heterocycles. The van der Waals surface area contributed by atoms with Gasteiger partial charge in [-0.15, -0.1) is 0 Å². The van der Waals surface area contributed by atoms with Crippen LogP contribution in [0, 0.1) is 0 Å². The van der Waals surface area contributed by atoms with Gasteiger partial charge in [0.05, 0.1) is 13.1 Å². The van der Waals surface area contributed by atoms with Gasteiger partial charge in [-0.25, -0.2) is 0 Å². The van der Waals surface area contributed by atoms with Crippen molar-refractivity contribution in [3.05, 3.63) is 0 Å². The summed E-state index contributed by atoms with van der Waals surface area (Å²) in [4.78, 5) is 42.1. The Morgan fingerprint density at radius 3 is 1.57 bits per heavy atom. The summed E-state index contributed by atoms with van der Waals surface area (Å²) in [7, 11) is 0. The Morgan fingerprint density at radius 2 is 1.19 bits per heavy atom. The topological polar surface area (TPSA) is 111 Å². The highest BCUT2D eigenvalue weighted by molar-refractivity contribution is 5.79. The monoisotopic (exact) mass is 302 g/mol. The molecule has 0 saturated heterocycles.